The van der Waals surface area contributed by atoms with Gasteiger partial charge in [0, 0.05) is 23.9 Å². The van der Waals surface area contributed by atoms with E-state index in [9.17, 15) is 4.79 Å². The third-order valence-electron chi connectivity index (χ3n) is 3.75. The number of nitrogens with one attached hydrogen (secondary N) is 1. The van der Waals surface area contributed by atoms with Gasteiger partial charge in [0.1, 0.15) is 5.54 Å². The standard InChI is InChI=1S/C15H25N3O2S/c1-4-8-16-15(12-6-7-12,14(19)20-5-2)11-21-13-9-17-18(3)10-13/h9-10,12,16H,4-8,11H2,1-3H3. The van der Waals surface area contributed by atoms with Crippen molar-refractivity contribution in [3.63, 3.8) is 0 Å². The molecule has 0 spiro atoms. The molecule has 1 N–H and O–H groups in total. The van der Waals surface area contributed by atoms with Crippen LogP contribution in [-0.4, -0.2) is 40.2 Å². The van der Waals surface area contributed by atoms with Crippen LogP contribution >= 0.6 is 11.8 Å². The zero-order chi connectivity index (χ0) is 15.3. The Morgan fingerprint density at radius 3 is 2.86 bits per heavy atom. The summed E-state index contributed by atoms with van der Waals surface area (Å²) in [6, 6.07) is 0. The fourth-order valence-corrected chi connectivity index (χ4v) is 3.66. The normalized spacial score (nSPS) is 17.5. The molecule has 1 aliphatic carbocycles. The molecule has 1 fully saturated rings. The molecule has 1 aliphatic rings. The smallest absolute Gasteiger partial charge is 0.327 e. The van der Waals surface area contributed by atoms with Crippen molar-refractivity contribution in [1.29, 1.82) is 0 Å². The fourth-order valence-electron chi connectivity index (χ4n) is 2.47. The Morgan fingerprint density at radius 2 is 2.33 bits per heavy atom. The fraction of sp³-hybridized carbons (Fsp3) is 0.733. The third-order valence-corrected chi connectivity index (χ3v) is 4.90. The summed E-state index contributed by atoms with van der Waals surface area (Å²) in [7, 11) is 1.90. The predicted octanol–water partition coefficient (Wildman–Crippen LogP) is 2.22. The van der Waals surface area contributed by atoms with Crippen LogP contribution in [0.25, 0.3) is 0 Å². The van der Waals surface area contributed by atoms with E-state index >= 15 is 0 Å². The van der Waals surface area contributed by atoms with E-state index in [1.165, 1.54) is 0 Å². The Kier molecular flexibility index (Phi) is 5.70. The molecule has 1 heterocycles. The molecule has 0 bridgehead atoms. The highest BCUT2D eigenvalue weighted by Crippen LogP contribution is 2.43. The molecular formula is C15H25N3O2S. The minimum atomic E-state index is -0.549. The van der Waals surface area contributed by atoms with Crippen LogP contribution in [0.2, 0.25) is 0 Å². The number of carbonyl (C=O) groups excluding carboxylic acids is 1. The van der Waals surface area contributed by atoms with Crippen LogP contribution in [-0.2, 0) is 16.6 Å². The molecule has 2 rings (SSSR count). The monoisotopic (exact) mass is 311 g/mol. The Balaban J connectivity index is 2.10. The predicted molar refractivity (Wildman–Crippen MR) is 84.3 cm³/mol. The van der Waals surface area contributed by atoms with Crippen molar-refractivity contribution in [3.8, 4) is 0 Å². The molecule has 0 aromatic carbocycles. The maximum absolute atomic E-state index is 12.6. The van der Waals surface area contributed by atoms with Crippen LogP contribution in [0.4, 0.5) is 0 Å². The lowest BCUT2D eigenvalue weighted by atomic mass is 9.95. The van der Waals surface area contributed by atoms with Gasteiger partial charge in [-0.2, -0.15) is 5.10 Å². The number of esters is 1. The minimum Gasteiger partial charge on any atom is -0.465 e. The molecule has 0 radical (unpaired) electrons. The summed E-state index contributed by atoms with van der Waals surface area (Å²) in [5.74, 6) is 0.993. The second kappa shape index (κ2) is 7.31. The van der Waals surface area contributed by atoms with Crippen molar-refractivity contribution in [1.82, 2.24) is 15.1 Å². The highest BCUT2D eigenvalue weighted by Gasteiger charge is 2.51. The molecule has 1 aromatic heterocycles. The first kappa shape index (κ1) is 16.4. The highest BCUT2D eigenvalue weighted by atomic mass is 32.2. The van der Waals surface area contributed by atoms with Gasteiger partial charge in [0.05, 0.1) is 12.8 Å². The Bertz CT molecular complexity index is 473. The van der Waals surface area contributed by atoms with E-state index in [0.717, 1.165) is 30.7 Å². The van der Waals surface area contributed by atoms with Gasteiger partial charge in [-0.05, 0) is 38.6 Å². The quantitative estimate of drug-likeness (QED) is 0.560. The van der Waals surface area contributed by atoms with E-state index < -0.39 is 5.54 Å². The third kappa shape index (κ3) is 4.01. The van der Waals surface area contributed by atoms with E-state index in [2.05, 4.69) is 17.3 Å². The summed E-state index contributed by atoms with van der Waals surface area (Å²) in [4.78, 5) is 13.6. The lowest BCUT2D eigenvalue weighted by Gasteiger charge is -2.32. The van der Waals surface area contributed by atoms with Crippen LogP contribution in [0.5, 0.6) is 0 Å². The van der Waals surface area contributed by atoms with Crippen LogP contribution in [0.15, 0.2) is 17.3 Å². The number of rotatable bonds is 9. The topological polar surface area (TPSA) is 56.2 Å². The average Bonchev–Trinajstić information content (AvgIpc) is 3.23. The average molecular weight is 311 g/mol. The molecule has 118 valence electrons. The molecule has 5 nitrogen and oxygen atoms in total. The number of hydrogen-bond acceptors (Lipinski definition) is 5. The zero-order valence-corrected chi connectivity index (χ0v) is 13.9. The van der Waals surface area contributed by atoms with Gasteiger partial charge in [0.15, 0.2) is 0 Å². The number of nitrogens with zero attached hydrogens (tertiary/aromatic N) is 2. The molecule has 1 atom stereocenters. The van der Waals surface area contributed by atoms with Crippen LogP contribution in [0.3, 0.4) is 0 Å². The molecule has 1 aromatic rings. The van der Waals surface area contributed by atoms with Crippen molar-refractivity contribution >= 4 is 17.7 Å². The summed E-state index contributed by atoms with van der Waals surface area (Å²) in [6.07, 6.45) is 7.03. The van der Waals surface area contributed by atoms with E-state index in [1.807, 2.05) is 26.4 Å². The van der Waals surface area contributed by atoms with Crippen LogP contribution in [0.1, 0.15) is 33.1 Å². The first-order valence-corrected chi connectivity index (χ1v) is 8.64. The highest BCUT2D eigenvalue weighted by molar-refractivity contribution is 7.99. The van der Waals surface area contributed by atoms with E-state index in [4.69, 9.17) is 4.74 Å². The second-order valence-electron chi connectivity index (χ2n) is 5.53. The summed E-state index contributed by atoms with van der Waals surface area (Å²) >= 11 is 1.67. The van der Waals surface area contributed by atoms with Crippen molar-refractivity contribution in [2.75, 3.05) is 18.9 Å². The largest absolute Gasteiger partial charge is 0.465 e. The van der Waals surface area contributed by atoms with Gasteiger partial charge in [0.2, 0.25) is 0 Å². The maximum atomic E-state index is 12.6. The molecule has 1 saturated carbocycles. The summed E-state index contributed by atoms with van der Waals surface area (Å²) in [5.41, 5.74) is -0.549. The zero-order valence-electron chi connectivity index (χ0n) is 13.1. The van der Waals surface area contributed by atoms with Gasteiger partial charge < -0.3 is 10.1 Å². The Hall–Kier alpha value is -1.01. The van der Waals surface area contributed by atoms with Crippen LogP contribution < -0.4 is 5.32 Å². The Morgan fingerprint density at radius 1 is 1.57 bits per heavy atom. The van der Waals surface area contributed by atoms with E-state index in [1.54, 1.807) is 16.4 Å². The SMILES string of the molecule is CCCNC(CSc1cnn(C)c1)(C(=O)OCC)C1CC1. The lowest BCUT2D eigenvalue weighted by Crippen LogP contribution is -2.57. The minimum absolute atomic E-state index is 0.0997. The van der Waals surface area contributed by atoms with Gasteiger partial charge in [0.25, 0.3) is 0 Å². The molecular weight excluding hydrogens is 286 g/mol. The van der Waals surface area contributed by atoms with Gasteiger partial charge in [-0.3, -0.25) is 9.48 Å². The van der Waals surface area contributed by atoms with Gasteiger partial charge in [-0.25, -0.2) is 0 Å². The molecule has 0 amide bonds. The summed E-state index contributed by atoms with van der Waals surface area (Å²) in [6.45, 7) is 5.25. The van der Waals surface area contributed by atoms with Gasteiger partial charge >= 0.3 is 5.97 Å². The van der Waals surface area contributed by atoms with Crippen molar-refractivity contribution < 1.29 is 9.53 Å². The number of hydrogen-bond donors (Lipinski definition) is 1. The van der Waals surface area contributed by atoms with Crippen molar-refractivity contribution in [2.45, 2.75) is 43.5 Å². The van der Waals surface area contributed by atoms with Gasteiger partial charge in [-0.1, -0.05) is 6.92 Å². The number of ether oxygens (including phenoxy) is 1. The molecule has 21 heavy (non-hydrogen) atoms. The summed E-state index contributed by atoms with van der Waals surface area (Å²) < 4.78 is 7.15. The van der Waals surface area contributed by atoms with Crippen molar-refractivity contribution in [2.24, 2.45) is 13.0 Å². The first-order chi connectivity index (χ1) is 10.1. The molecule has 6 heteroatoms. The molecule has 0 saturated heterocycles. The second-order valence-corrected chi connectivity index (χ2v) is 6.58. The number of aromatic nitrogens is 2. The summed E-state index contributed by atoms with van der Waals surface area (Å²) in [5, 5.41) is 7.66. The Labute approximate surface area is 130 Å². The molecule has 1 unspecified atom stereocenters. The van der Waals surface area contributed by atoms with Crippen LogP contribution in [0, 0.1) is 5.92 Å². The number of carbonyl (C=O) groups is 1. The number of aryl methyl sites for hydroxylation is 1. The molecule has 0 aliphatic heterocycles. The number of thioether (sulfide) groups is 1. The van der Waals surface area contributed by atoms with E-state index in [-0.39, 0.29) is 5.97 Å². The lowest BCUT2D eigenvalue weighted by molar-refractivity contribution is -0.151. The first-order valence-electron chi connectivity index (χ1n) is 7.66. The van der Waals surface area contributed by atoms with E-state index in [0.29, 0.717) is 18.3 Å². The van der Waals surface area contributed by atoms with Crippen molar-refractivity contribution in [3.05, 3.63) is 12.4 Å². The van der Waals surface area contributed by atoms with Gasteiger partial charge in [-0.15, -0.1) is 11.8 Å². The maximum Gasteiger partial charge on any atom is 0.327 e.